The van der Waals surface area contributed by atoms with Gasteiger partial charge in [0.05, 0.1) is 22.4 Å². The van der Waals surface area contributed by atoms with Gasteiger partial charge >= 0.3 is 6.03 Å². The van der Waals surface area contributed by atoms with Crippen LogP contribution in [-0.4, -0.2) is 40.5 Å². The number of hydrogen-bond acceptors (Lipinski definition) is 4. The van der Waals surface area contributed by atoms with E-state index in [2.05, 4.69) is 51.8 Å². The topological polar surface area (TPSA) is 73.1 Å². The van der Waals surface area contributed by atoms with E-state index in [-0.39, 0.29) is 18.1 Å². The molecule has 2 amide bonds. The first kappa shape index (κ1) is 20.0. The van der Waals surface area contributed by atoms with E-state index < -0.39 is 0 Å². The molecule has 1 aliphatic heterocycles. The molecule has 3 aromatic rings. The van der Waals surface area contributed by atoms with Gasteiger partial charge in [0.15, 0.2) is 0 Å². The SMILES string of the molecule is CN1CCC(NC(=O)Nc2ccc(-c3ccccc3)s2)C[C@@H]1c1nc2c([nH]1)C=CCC2. The van der Waals surface area contributed by atoms with Gasteiger partial charge in [0, 0.05) is 17.5 Å². The van der Waals surface area contributed by atoms with Gasteiger partial charge in [-0.3, -0.25) is 10.2 Å². The maximum Gasteiger partial charge on any atom is 0.320 e. The van der Waals surface area contributed by atoms with Crippen LogP contribution in [0.25, 0.3) is 16.5 Å². The van der Waals surface area contributed by atoms with E-state index in [1.54, 1.807) is 11.3 Å². The van der Waals surface area contributed by atoms with Crippen LogP contribution in [-0.2, 0) is 6.42 Å². The molecule has 31 heavy (non-hydrogen) atoms. The van der Waals surface area contributed by atoms with E-state index in [0.717, 1.165) is 64.9 Å². The number of nitrogens with one attached hydrogen (secondary N) is 3. The zero-order chi connectivity index (χ0) is 21.2. The maximum atomic E-state index is 12.6. The number of fused-ring (bicyclic) bond motifs is 1. The fourth-order valence-corrected chi connectivity index (χ4v) is 5.29. The normalized spacial score (nSPS) is 20.9. The Bertz CT molecular complexity index is 1090. The summed E-state index contributed by atoms with van der Waals surface area (Å²) in [6.07, 6.45) is 8.15. The second-order valence-corrected chi connectivity index (χ2v) is 9.35. The molecule has 2 aliphatic rings. The van der Waals surface area contributed by atoms with Crippen LogP contribution in [0.2, 0.25) is 0 Å². The van der Waals surface area contributed by atoms with Crippen LogP contribution in [0.5, 0.6) is 0 Å². The van der Waals surface area contributed by atoms with Crippen LogP contribution in [0.15, 0.2) is 48.5 Å². The third kappa shape index (κ3) is 4.43. The molecule has 7 heteroatoms. The van der Waals surface area contributed by atoms with Crippen molar-refractivity contribution in [3.05, 3.63) is 65.8 Å². The Kier molecular flexibility index (Phi) is 5.61. The first-order valence-electron chi connectivity index (χ1n) is 10.8. The lowest BCUT2D eigenvalue weighted by Crippen LogP contribution is -2.46. The van der Waals surface area contributed by atoms with Crippen LogP contribution in [0.4, 0.5) is 9.80 Å². The quantitative estimate of drug-likeness (QED) is 0.539. The molecular weight excluding hydrogens is 406 g/mol. The van der Waals surface area contributed by atoms with Crippen molar-refractivity contribution in [2.24, 2.45) is 0 Å². The van der Waals surface area contributed by atoms with Gasteiger partial charge < -0.3 is 10.3 Å². The molecule has 1 unspecified atom stereocenters. The molecule has 5 rings (SSSR count). The number of hydrogen-bond donors (Lipinski definition) is 3. The molecule has 0 bridgehead atoms. The highest BCUT2D eigenvalue weighted by Gasteiger charge is 2.31. The van der Waals surface area contributed by atoms with Crippen LogP contribution in [0.3, 0.4) is 0 Å². The van der Waals surface area contributed by atoms with E-state index in [1.807, 2.05) is 30.3 Å². The summed E-state index contributed by atoms with van der Waals surface area (Å²) in [5, 5.41) is 7.03. The van der Waals surface area contributed by atoms with Gasteiger partial charge in [-0.15, -0.1) is 11.3 Å². The van der Waals surface area contributed by atoms with Gasteiger partial charge in [-0.1, -0.05) is 36.4 Å². The van der Waals surface area contributed by atoms with Gasteiger partial charge in [-0.25, -0.2) is 9.78 Å². The predicted molar refractivity (Wildman–Crippen MR) is 126 cm³/mol. The molecule has 1 aliphatic carbocycles. The van der Waals surface area contributed by atoms with Crippen LogP contribution in [0, 0.1) is 0 Å². The number of anilines is 1. The highest BCUT2D eigenvalue weighted by atomic mass is 32.1. The lowest BCUT2D eigenvalue weighted by molar-refractivity contribution is 0.153. The third-order valence-electron chi connectivity index (χ3n) is 6.08. The average molecular weight is 434 g/mol. The number of urea groups is 1. The first-order valence-corrected chi connectivity index (χ1v) is 11.7. The average Bonchev–Trinajstić information content (AvgIpc) is 3.42. The summed E-state index contributed by atoms with van der Waals surface area (Å²) >= 11 is 1.59. The molecule has 1 aromatic carbocycles. The van der Waals surface area contributed by atoms with Gasteiger partial charge in [0.25, 0.3) is 0 Å². The van der Waals surface area contributed by atoms with Gasteiger partial charge in [-0.05, 0) is 56.5 Å². The smallest absolute Gasteiger partial charge is 0.320 e. The largest absolute Gasteiger partial charge is 0.341 e. The third-order valence-corrected chi connectivity index (χ3v) is 7.13. The van der Waals surface area contributed by atoms with Crippen molar-refractivity contribution in [1.29, 1.82) is 0 Å². The van der Waals surface area contributed by atoms with Gasteiger partial charge in [0.1, 0.15) is 5.82 Å². The standard InChI is InChI=1S/C24H27N5OS/c1-29-14-13-17(15-20(29)23-26-18-9-5-6-10-19(18)27-23)25-24(30)28-22-12-11-21(31-22)16-7-3-2-4-8-16/h2-5,7-9,11-12,17,20H,6,10,13-15H2,1H3,(H,26,27)(H2,25,28,30)/t17?,20-/m1/s1. The molecule has 2 aromatic heterocycles. The number of aryl methyl sites for hydroxylation is 1. The fraction of sp³-hybridized carbons (Fsp3) is 0.333. The van der Waals surface area contributed by atoms with Crippen molar-refractivity contribution < 1.29 is 4.79 Å². The summed E-state index contributed by atoms with van der Waals surface area (Å²) in [5.74, 6) is 1.01. The molecule has 1 fully saturated rings. The number of benzene rings is 1. The molecule has 0 radical (unpaired) electrons. The van der Waals surface area contributed by atoms with E-state index in [9.17, 15) is 4.79 Å². The second-order valence-electron chi connectivity index (χ2n) is 8.27. The first-order chi connectivity index (χ1) is 15.2. The zero-order valence-electron chi connectivity index (χ0n) is 17.6. The number of nitrogens with zero attached hydrogens (tertiary/aromatic N) is 2. The summed E-state index contributed by atoms with van der Waals surface area (Å²) in [6, 6.07) is 14.4. The van der Waals surface area contributed by atoms with Gasteiger partial charge in [-0.2, -0.15) is 0 Å². The van der Waals surface area contributed by atoms with Crippen molar-refractivity contribution in [2.75, 3.05) is 18.9 Å². The van der Waals surface area contributed by atoms with Crippen molar-refractivity contribution >= 4 is 28.4 Å². The van der Waals surface area contributed by atoms with E-state index >= 15 is 0 Å². The molecule has 3 N–H and O–H groups in total. The number of carbonyl (C=O) groups excluding carboxylic acids is 1. The number of amides is 2. The van der Waals surface area contributed by atoms with E-state index in [1.165, 1.54) is 0 Å². The number of piperidine rings is 1. The number of allylic oxidation sites excluding steroid dienone is 1. The minimum absolute atomic E-state index is 0.118. The highest BCUT2D eigenvalue weighted by molar-refractivity contribution is 7.19. The Morgan fingerprint density at radius 3 is 2.94 bits per heavy atom. The number of carbonyl (C=O) groups is 1. The number of rotatable bonds is 4. The van der Waals surface area contributed by atoms with E-state index in [4.69, 9.17) is 4.98 Å². The van der Waals surface area contributed by atoms with Gasteiger partial charge in [0.2, 0.25) is 0 Å². The fourth-order valence-electron chi connectivity index (χ4n) is 4.38. The summed E-state index contributed by atoms with van der Waals surface area (Å²) in [6.45, 7) is 0.925. The summed E-state index contributed by atoms with van der Waals surface area (Å²) in [5.41, 5.74) is 3.45. The minimum atomic E-state index is -0.142. The van der Waals surface area contributed by atoms with Crippen molar-refractivity contribution in [3.63, 3.8) is 0 Å². The molecule has 1 saturated heterocycles. The Labute approximate surface area is 186 Å². The Balaban J connectivity index is 1.21. The zero-order valence-corrected chi connectivity index (χ0v) is 18.4. The lowest BCUT2D eigenvalue weighted by atomic mass is 9.97. The molecule has 0 saturated carbocycles. The number of H-pyrrole nitrogens is 1. The second kappa shape index (κ2) is 8.69. The number of likely N-dealkylation sites (tertiary alicyclic amines) is 1. The Morgan fingerprint density at radius 2 is 2.10 bits per heavy atom. The molecule has 6 nitrogen and oxygen atoms in total. The summed E-state index contributed by atoms with van der Waals surface area (Å²) < 4.78 is 0. The van der Waals surface area contributed by atoms with Crippen molar-refractivity contribution in [2.45, 2.75) is 37.8 Å². The Morgan fingerprint density at radius 1 is 1.23 bits per heavy atom. The minimum Gasteiger partial charge on any atom is -0.341 e. The van der Waals surface area contributed by atoms with Crippen LogP contribution < -0.4 is 10.6 Å². The summed E-state index contributed by atoms with van der Waals surface area (Å²) in [7, 11) is 2.13. The molecule has 3 heterocycles. The van der Waals surface area contributed by atoms with Crippen molar-refractivity contribution in [3.8, 4) is 10.4 Å². The molecular formula is C24H27N5OS. The number of imidazole rings is 1. The van der Waals surface area contributed by atoms with E-state index in [0.29, 0.717) is 0 Å². The number of aromatic nitrogens is 2. The lowest BCUT2D eigenvalue weighted by Gasteiger charge is -2.36. The van der Waals surface area contributed by atoms with Crippen LogP contribution in [0.1, 0.15) is 42.5 Å². The number of thiophene rings is 1. The highest BCUT2D eigenvalue weighted by Crippen LogP contribution is 2.32. The predicted octanol–water partition coefficient (Wildman–Crippen LogP) is 5.05. The maximum absolute atomic E-state index is 12.6. The molecule has 160 valence electrons. The monoisotopic (exact) mass is 433 g/mol. The van der Waals surface area contributed by atoms with Crippen molar-refractivity contribution in [1.82, 2.24) is 20.2 Å². The number of aromatic amines is 1. The summed E-state index contributed by atoms with van der Waals surface area (Å²) in [4.78, 5) is 24.5. The van der Waals surface area contributed by atoms with Crippen LogP contribution >= 0.6 is 11.3 Å². The Hall–Kier alpha value is -2.90. The molecule has 2 atom stereocenters. The molecule has 0 spiro atoms.